The summed E-state index contributed by atoms with van der Waals surface area (Å²) in [5.74, 6) is -1.40. The Hall–Kier alpha value is -3.62. The van der Waals surface area contributed by atoms with E-state index in [1.54, 1.807) is 12.1 Å². The van der Waals surface area contributed by atoms with E-state index in [0.29, 0.717) is 11.4 Å². The van der Waals surface area contributed by atoms with E-state index in [0.717, 1.165) is 0 Å². The molecule has 0 bridgehead atoms. The number of carbonyl (C=O) groups excluding carboxylic acids is 2. The normalized spacial score (nSPS) is 10.8. The van der Waals surface area contributed by atoms with E-state index in [-0.39, 0.29) is 38.4 Å². The van der Waals surface area contributed by atoms with Gasteiger partial charge in [0.1, 0.15) is 22.8 Å². The van der Waals surface area contributed by atoms with Crippen molar-refractivity contribution in [2.75, 3.05) is 10.6 Å². The van der Waals surface area contributed by atoms with Crippen molar-refractivity contribution in [2.24, 2.45) is 0 Å². The first-order valence-electron chi connectivity index (χ1n) is 9.21. The maximum atomic E-state index is 14.4. The smallest absolute Gasteiger partial charge is 0.291 e. The number of aromatic nitrogens is 1. The molecule has 0 fully saturated rings. The number of furan rings is 1. The summed E-state index contributed by atoms with van der Waals surface area (Å²) >= 11 is 12.4. The van der Waals surface area contributed by atoms with Gasteiger partial charge in [-0.05, 0) is 49.4 Å². The van der Waals surface area contributed by atoms with Crippen LogP contribution in [-0.4, -0.2) is 17.0 Å². The van der Waals surface area contributed by atoms with Crippen LogP contribution in [0.2, 0.25) is 10.0 Å². The average Bonchev–Trinajstić information content (AvgIpc) is 3.40. The van der Waals surface area contributed by atoms with Gasteiger partial charge in [-0.3, -0.25) is 9.59 Å². The van der Waals surface area contributed by atoms with Gasteiger partial charge in [-0.25, -0.2) is 4.39 Å². The zero-order chi connectivity index (χ0) is 22.8. The largest absolute Gasteiger partial charge is 0.459 e. The summed E-state index contributed by atoms with van der Waals surface area (Å²) in [4.78, 5) is 25.1. The third-order valence-electron chi connectivity index (χ3n) is 4.51. The zero-order valence-electron chi connectivity index (χ0n) is 16.4. The lowest BCUT2D eigenvalue weighted by Gasteiger charge is -2.10. The van der Waals surface area contributed by atoms with Crippen LogP contribution in [0, 0.1) is 12.7 Å². The molecule has 0 radical (unpaired) electrons. The summed E-state index contributed by atoms with van der Waals surface area (Å²) in [6.07, 6.45) is 1.38. The number of halogens is 3. The molecule has 162 valence electrons. The van der Waals surface area contributed by atoms with Crippen LogP contribution in [0.15, 0.2) is 63.7 Å². The SMILES string of the molecule is Cc1onc(-c2c(F)cccc2Cl)c1C(=O)Nc1ccc(NC(=O)c2ccco2)c(Cl)c1. The van der Waals surface area contributed by atoms with Gasteiger partial charge in [0, 0.05) is 5.69 Å². The number of anilines is 2. The third-order valence-corrected chi connectivity index (χ3v) is 5.14. The van der Waals surface area contributed by atoms with Crippen molar-refractivity contribution in [3.05, 3.63) is 87.7 Å². The Morgan fingerprint density at radius 1 is 1.00 bits per heavy atom. The molecule has 2 aromatic carbocycles. The Kier molecular flexibility index (Phi) is 5.98. The van der Waals surface area contributed by atoms with Gasteiger partial charge in [-0.2, -0.15) is 0 Å². The number of nitrogens with zero attached hydrogens (tertiary/aromatic N) is 1. The fourth-order valence-electron chi connectivity index (χ4n) is 3.01. The molecule has 0 atom stereocenters. The van der Waals surface area contributed by atoms with E-state index in [2.05, 4.69) is 15.8 Å². The molecule has 7 nitrogen and oxygen atoms in total. The molecular formula is C22H14Cl2FN3O4. The minimum Gasteiger partial charge on any atom is -0.459 e. The monoisotopic (exact) mass is 473 g/mol. The van der Waals surface area contributed by atoms with E-state index in [1.165, 1.54) is 49.6 Å². The highest BCUT2D eigenvalue weighted by Crippen LogP contribution is 2.34. The number of benzene rings is 2. The van der Waals surface area contributed by atoms with E-state index >= 15 is 0 Å². The molecule has 10 heteroatoms. The Balaban J connectivity index is 1.57. The molecule has 4 aromatic rings. The summed E-state index contributed by atoms with van der Waals surface area (Å²) in [5.41, 5.74) is 0.637. The van der Waals surface area contributed by atoms with Gasteiger partial charge in [-0.15, -0.1) is 0 Å². The molecule has 0 unspecified atom stereocenters. The molecular weight excluding hydrogens is 460 g/mol. The summed E-state index contributed by atoms with van der Waals surface area (Å²) in [6, 6.07) is 11.8. The molecule has 2 aromatic heterocycles. The standard InChI is InChI=1S/C22H14Cl2FN3O4/c1-11-18(20(28-32-11)19-13(23)4-2-5-15(19)25)22(30)26-12-7-8-16(14(24)10-12)27-21(29)17-6-3-9-31-17/h2-10H,1H3,(H,26,30)(H,27,29). The van der Waals surface area contributed by atoms with Crippen LogP contribution in [0.5, 0.6) is 0 Å². The molecule has 32 heavy (non-hydrogen) atoms. The second-order valence-electron chi connectivity index (χ2n) is 6.64. The van der Waals surface area contributed by atoms with Crippen molar-refractivity contribution < 1.29 is 22.9 Å². The van der Waals surface area contributed by atoms with Gasteiger partial charge in [0.25, 0.3) is 11.8 Å². The van der Waals surface area contributed by atoms with Crippen LogP contribution in [0.4, 0.5) is 15.8 Å². The number of aryl methyl sites for hydroxylation is 1. The lowest BCUT2D eigenvalue weighted by atomic mass is 10.0. The summed E-state index contributed by atoms with van der Waals surface area (Å²) in [7, 11) is 0. The highest BCUT2D eigenvalue weighted by molar-refractivity contribution is 6.34. The highest BCUT2D eigenvalue weighted by Gasteiger charge is 2.25. The number of amides is 2. The first kappa shape index (κ1) is 21.6. The first-order chi connectivity index (χ1) is 15.3. The van der Waals surface area contributed by atoms with E-state index in [4.69, 9.17) is 32.1 Å². The van der Waals surface area contributed by atoms with Crippen molar-refractivity contribution in [2.45, 2.75) is 6.92 Å². The predicted molar refractivity (Wildman–Crippen MR) is 118 cm³/mol. The summed E-state index contributed by atoms with van der Waals surface area (Å²) in [6.45, 7) is 1.53. The zero-order valence-corrected chi connectivity index (χ0v) is 17.9. The average molecular weight is 474 g/mol. The Morgan fingerprint density at radius 2 is 1.81 bits per heavy atom. The minimum absolute atomic E-state index is 0.0171. The fraction of sp³-hybridized carbons (Fsp3) is 0.0455. The molecule has 4 rings (SSSR count). The Morgan fingerprint density at radius 3 is 2.50 bits per heavy atom. The summed E-state index contributed by atoms with van der Waals surface area (Å²) < 4.78 is 24.5. The molecule has 2 heterocycles. The van der Waals surface area contributed by atoms with Crippen LogP contribution in [0.3, 0.4) is 0 Å². The van der Waals surface area contributed by atoms with Gasteiger partial charge in [0.05, 0.1) is 27.6 Å². The van der Waals surface area contributed by atoms with Crippen molar-refractivity contribution in [1.29, 1.82) is 0 Å². The molecule has 0 aliphatic rings. The Bertz CT molecular complexity index is 1300. The number of hydrogen-bond donors (Lipinski definition) is 2. The van der Waals surface area contributed by atoms with Crippen LogP contribution in [0.1, 0.15) is 26.7 Å². The van der Waals surface area contributed by atoms with Crippen molar-refractivity contribution in [3.63, 3.8) is 0 Å². The van der Waals surface area contributed by atoms with Crippen LogP contribution >= 0.6 is 23.2 Å². The predicted octanol–water partition coefficient (Wildman–Crippen LogP) is 6.19. The van der Waals surface area contributed by atoms with Crippen molar-refractivity contribution >= 4 is 46.4 Å². The van der Waals surface area contributed by atoms with Gasteiger partial charge in [-0.1, -0.05) is 34.4 Å². The molecule has 2 amide bonds. The third kappa shape index (κ3) is 4.23. The van der Waals surface area contributed by atoms with Gasteiger partial charge in [0.15, 0.2) is 5.76 Å². The lowest BCUT2D eigenvalue weighted by Crippen LogP contribution is -2.14. The maximum absolute atomic E-state index is 14.4. The van der Waals surface area contributed by atoms with Crippen LogP contribution in [-0.2, 0) is 0 Å². The Labute approximate surface area is 191 Å². The van der Waals surface area contributed by atoms with E-state index in [1.807, 2.05) is 0 Å². The van der Waals surface area contributed by atoms with Gasteiger partial charge in [0.2, 0.25) is 0 Å². The second-order valence-corrected chi connectivity index (χ2v) is 7.45. The highest BCUT2D eigenvalue weighted by atomic mass is 35.5. The summed E-state index contributed by atoms with van der Waals surface area (Å²) in [5, 5.41) is 9.37. The number of carbonyl (C=O) groups is 2. The maximum Gasteiger partial charge on any atom is 0.291 e. The van der Waals surface area contributed by atoms with Gasteiger partial charge >= 0.3 is 0 Å². The van der Waals surface area contributed by atoms with Crippen LogP contribution < -0.4 is 10.6 Å². The number of hydrogen-bond acceptors (Lipinski definition) is 5. The lowest BCUT2D eigenvalue weighted by molar-refractivity contribution is 0.0994. The molecule has 0 saturated carbocycles. The molecule has 0 saturated heterocycles. The number of nitrogens with one attached hydrogen (secondary N) is 2. The van der Waals surface area contributed by atoms with Crippen molar-refractivity contribution in [3.8, 4) is 11.3 Å². The first-order valence-corrected chi connectivity index (χ1v) is 9.97. The molecule has 0 aliphatic heterocycles. The second kappa shape index (κ2) is 8.86. The van der Waals surface area contributed by atoms with Crippen molar-refractivity contribution in [1.82, 2.24) is 5.16 Å². The fourth-order valence-corrected chi connectivity index (χ4v) is 3.49. The molecule has 0 aliphatic carbocycles. The van der Waals surface area contributed by atoms with E-state index < -0.39 is 17.6 Å². The van der Waals surface area contributed by atoms with E-state index in [9.17, 15) is 14.0 Å². The van der Waals surface area contributed by atoms with Crippen LogP contribution in [0.25, 0.3) is 11.3 Å². The van der Waals surface area contributed by atoms with Gasteiger partial charge < -0.3 is 19.6 Å². The minimum atomic E-state index is -0.639. The molecule has 0 spiro atoms. The topological polar surface area (TPSA) is 97.4 Å². The quantitative estimate of drug-likeness (QED) is 0.359. The molecule has 2 N–H and O–H groups in total. The number of rotatable bonds is 5.